The zero-order valence-corrected chi connectivity index (χ0v) is 14.5. The number of halogens is 2. The fourth-order valence-electron chi connectivity index (χ4n) is 4.35. The van der Waals surface area contributed by atoms with E-state index >= 15 is 0 Å². The highest BCUT2D eigenvalue weighted by molar-refractivity contribution is 6.30. The molecule has 0 amide bonds. The van der Waals surface area contributed by atoms with Crippen molar-refractivity contribution in [1.82, 2.24) is 0 Å². The predicted molar refractivity (Wildman–Crippen MR) is 93.0 cm³/mol. The Kier molecular flexibility index (Phi) is 4.07. The quantitative estimate of drug-likeness (QED) is 0.809. The number of benzene rings is 1. The van der Waals surface area contributed by atoms with Crippen LogP contribution < -0.4 is 5.32 Å². The van der Waals surface area contributed by atoms with Gasteiger partial charge in [0.1, 0.15) is 0 Å². The maximum Gasteiger partial charge on any atom is 0.289 e. The van der Waals surface area contributed by atoms with Gasteiger partial charge in [0.2, 0.25) is 0 Å². The van der Waals surface area contributed by atoms with Gasteiger partial charge in [-0.3, -0.25) is 0 Å². The minimum atomic E-state index is 0. The molecule has 0 radical (unpaired) electrons. The van der Waals surface area contributed by atoms with Gasteiger partial charge in [-0.1, -0.05) is 31.5 Å². The summed E-state index contributed by atoms with van der Waals surface area (Å²) < 4.78 is 5.82. The second kappa shape index (κ2) is 5.61. The third-order valence-corrected chi connectivity index (χ3v) is 6.04. The molecule has 0 unspecified atom stereocenters. The minimum Gasteiger partial charge on any atom is -0.465 e. The average molecular weight is 341 g/mol. The number of nitrogens with one attached hydrogen (secondary N) is 1. The molecule has 3 nitrogen and oxygen atoms in total. The number of nitrogens with zero attached hydrogens (tertiary/aromatic N) is 1. The lowest BCUT2D eigenvalue weighted by atomic mass is 9.45. The topological polar surface area (TPSA) is 33.6 Å². The van der Waals surface area contributed by atoms with Crippen LogP contribution in [-0.4, -0.2) is 18.7 Å². The molecule has 3 aliphatic carbocycles. The molecule has 1 heterocycles. The van der Waals surface area contributed by atoms with Gasteiger partial charge in [0.15, 0.2) is 0 Å². The molecule has 1 N–H and O–H groups in total. The summed E-state index contributed by atoms with van der Waals surface area (Å²) in [6.45, 7) is 5.59. The molecule has 4 aliphatic rings. The number of aliphatic imine (C=N–C) groups is 1. The van der Waals surface area contributed by atoms with Gasteiger partial charge in [0.05, 0.1) is 12.6 Å². The molecule has 3 fully saturated rings. The molecule has 1 aliphatic heterocycles. The van der Waals surface area contributed by atoms with E-state index in [-0.39, 0.29) is 12.4 Å². The number of anilines is 1. The SMILES string of the molecule is CC1(C)[C@@H]2C[C@@H]3COC(Nc4cccc(Cl)c4)=N[C@@H]3[C@@H]1C2.Cl. The van der Waals surface area contributed by atoms with Gasteiger partial charge < -0.3 is 10.1 Å². The first-order valence-electron chi connectivity index (χ1n) is 7.77. The molecule has 5 heteroatoms. The molecule has 120 valence electrons. The molecule has 22 heavy (non-hydrogen) atoms. The fourth-order valence-corrected chi connectivity index (χ4v) is 4.54. The number of hydrogen-bond acceptors (Lipinski definition) is 3. The zero-order chi connectivity index (χ0) is 14.6. The number of amidine groups is 1. The van der Waals surface area contributed by atoms with Gasteiger partial charge in [0.25, 0.3) is 6.02 Å². The highest BCUT2D eigenvalue weighted by Crippen LogP contribution is 2.61. The van der Waals surface area contributed by atoms with Crippen LogP contribution in [0.15, 0.2) is 29.3 Å². The summed E-state index contributed by atoms with van der Waals surface area (Å²) in [6, 6.07) is 8.74. The van der Waals surface area contributed by atoms with Crippen molar-refractivity contribution in [3.63, 3.8) is 0 Å². The Morgan fingerprint density at radius 2 is 2.14 bits per heavy atom. The minimum absolute atomic E-state index is 0. The molecule has 2 bridgehead atoms. The fraction of sp³-hybridized carbons (Fsp3) is 0.588. The second-order valence-corrected chi connectivity index (χ2v) is 7.66. The molecule has 0 aromatic heterocycles. The van der Waals surface area contributed by atoms with E-state index < -0.39 is 0 Å². The van der Waals surface area contributed by atoms with Crippen molar-refractivity contribution >= 4 is 35.7 Å². The van der Waals surface area contributed by atoms with Gasteiger partial charge in [-0.25, -0.2) is 4.99 Å². The highest BCUT2D eigenvalue weighted by Gasteiger charge is 2.58. The zero-order valence-electron chi connectivity index (χ0n) is 12.9. The molecule has 0 spiro atoms. The van der Waals surface area contributed by atoms with Gasteiger partial charge in [-0.2, -0.15) is 0 Å². The Hall–Kier alpha value is -0.930. The average Bonchev–Trinajstić information content (AvgIpc) is 2.46. The van der Waals surface area contributed by atoms with Gasteiger partial charge in [0, 0.05) is 16.6 Å². The van der Waals surface area contributed by atoms with Crippen molar-refractivity contribution < 1.29 is 4.74 Å². The monoisotopic (exact) mass is 340 g/mol. The number of rotatable bonds is 1. The normalized spacial score (nSPS) is 34.2. The van der Waals surface area contributed by atoms with Crippen molar-refractivity contribution in [2.45, 2.75) is 32.7 Å². The maximum absolute atomic E-state index is 6.02. The van der Waals surface area contributed by atoms with E-state index in [1.165, 1.54) is 12.8 Å². The van der Waals surface area contributed by atoms with Gasteiger partial charge in [-0.05, 0) is 48.3 Å². The standard InChI is InChI=1S/C17H21ClN2O.ClH/c1-17(2)11-6-10-9-21-16(20-15(10)14(17)7-11)19-13-5-3-4-12(18)8-13;/h3-5,8,10-11,14-15H,6-7,9H2,1-2H3,(H,19,20);1H/t10-,11-,14+,15+;/m1./s1. The number of ether oxygens (including phenoxy) is 1. The van der Waals surface area contributed by atoms with Crippen molar-refractivity contribution in [2.24, 2.45) is 28.2 Å². The van der Waals surface area contributed by atoms with Gasteiger partial charge in [-0.15, -0.1) is 12.4 Å². The summed E-state index contributed by atoms with van der Waals surface area (Å²) in [5.41, 5.74) is 1.38. The summed E-state index contributed by atoms with van der Waals surface area (Å²) >= 11 is 6.02. The second-order valence-electron chi connectivity index (χ2n) is 7.23. The van der Waals surface area contributed by atoms with Crippen LogP contribution in [0.2, 0.25) is 5.02 Å². The maximum atomic E-state index is 6.02. The first-order chi connectivity index (χ1) is 10.0. The first kappa shape index (κ1) is 15.9. The van der Waals surface area contributed by atoms with Crippen LogP contribution in [0.5, 0.6) is 0 Å². The summed E-state index contributed by atoms with van der Waals surface area (Å²) in [4.78, 5) is 4.88. The van der Waals surface area contributed by atoms with E-state index in [1.54, 1.807) is 0 Å². The predicted octanol–water partition coefficient (Wildman–Crippen LogP) is 4.61. The van der Waals surface area contributed by atoms with Crippen molar-refractivity contribution in [1.29, 1.82) is 0 Å². The Labute approximate surface area is 142 Å². The molecule has 5 rings (SSSR count). The van der Waals surface area contributed by atoms with Crippen LogP contribution in [0.3, 0.4) is 0 Å². The molecule has 1 aromatic rings. The van der Waals surface area contributed by atoms with E-state index in [1.807, 2.05) is 24.3 Å². The molecule has 1 aromatic carbocycles. The summed E-state index contributed by atoms with van der Waals surface area (Å²) in [5, 5.41) is 3.98. The van der Waals surface area contributed by atoms with Crippen LogP contribution in [-0.2, 0) is 4.74 Å². The summed E-state index contributed by atoms with van der Waals surface area (Å²) in [7, 11) is 0. The van der Waals surface area contributed by atoms with Crippen LogP contribution in [0.4, 0.5) is 5.69 Å². The smallest absolute Gasteiger partial charge is 0.289 e. The third-order valence-electron chi connectivity index (χ3n) is 5.81. The van der Waals surface area contributed by atoms with E-state index in [9.17, 15) is 0 Å². The van der Waals surface area contributed by atoms with E-state index in [2.05, 4.69) is 19.2 Å². The van der Waals surface area contributed by atoms with Crippen molar-refractivity contribution in [3.05, 3.63) is 29.3 Å². The lowest BCUT2D eigenvalue weighted by molar-refractivity contribution is -0.116. The largest absolute Gasteiger partial charge is 0.465 e. The van der Waals surface area contributed by atoms with Crippen LogP contribution in [0.1, 0.15) is 26.7 Å². The lowest BCUT2D eigenvalue weighted by Crippen LogP contribution is -2.60. The van der Waals surface area contributed by atoms with Crippen LogP contribution >= 0.6 is 24.0 Å². The Morgan fingerprint density at radius 1 is 1.32 bits per heavy atom. The Balaban J connectivity index is 0.00000144. The van der Waals surface area contributed by atoms with E-state index in [0.717, 1.165) is 23.2 Å². The summed E-state index contributed by atoms with van der Waals surface area (Å²) in [6.07, 6.45) is 2.60. The molecule has 4 atom stereocenters. The third kappa shape index (κ3) is 2.48. The molecular formula is C17H22Cl2N2O. The van der Waals surface area contributed by atoms with Crippen molar-refractivity contribution in [2.75, 3.05) is 11.9 Å². The van der Waals surface area contributed by atoms with Crippen LogP contribution in [0.25, 0.3) is 0 Å². The van der Waals surface area contributed by atoms with E-state index in [0.29, 0.717) is 29.3 Å². The molecular weight excluding hydrogens is 319 g/mol. The first-order valence-corrected chi connectivity index (χ1v) is 8.15. The van der Waals surface area contributed by atoms with Crippen LogP contribution in [0, 0.1) is 23.2 Å². The molecule has 0 saturated heterocycles. The number of hydrogen-bond donors (Lipinski definition) is 1. The van der Waals surface area contributed by atoms with E-state index in [4.69, 9.17) is 21.3 Å². The lowest BCUT2D eigenvalue weighted by Gasteiger charge is -2.62. The Bertz CT molecular complexity index is 602. The highest BCUT2D eigenvalue weighted by atomic mass is 35.5. The summed E-state index contributed by atoms with van der Waals surface area (Å²) in [5.74, 6) is 2.18. The van der Waals surface area contributed by atoms with Crippen molar-refractivity contribution in [3.8, 4) is 0 Å². The van der Waals surface area contributed by atoms with Gasteiger partial charge >= 0.3 is 0 Å². The molecule has 3 saturated carbocycles. The Morgan fingerprint density at radius 3 is 2.86 bits per heavy atom.